The van der Waals surface area contributed by atoms with Crippen LogP contribution in [-0.4, -0.2) is 40.4 Å². The summed E-state index contributed by atoms with van der Waals surface area (Å²) >= 11 is 7.46. The van der Waals surface area contributed by atoms with Gasteiger partial charge in [0.2, 0.25) is 0 Å². The van der Waals surface area contributed by atoms with Crippen molar-refractivity contribution in [3.63, 3.8) is 0 Å². The molecule has 2 saturated carbocycles. The lowest BCUT2D eigenvalue weighted by Crippen LogP contribution is -2.56. The van der Waals surface area contributed by atoms with Gasteiger partial charge in [0.05, 0.1) is 12.7 Å². The van der Waals surface area contributed by atoms with Gasteiger partial charge in [0.15, 0.2) is 0 Å². The second-order valence-corrected chi connectivity index (χ2v) is 13.4. The van der Waals surface area contributed by atoms with Crippen molar-refractivity contribution in [2.45, 2.75) is 75.6 Å². The molecule has 5 nitrogen and oxygen atoms in total. The average molecular weight is 544 g/mol. The Bertz CT molecular complexity index is 752. The molecule has 28 heavy (non-hydrogen) atoms. The van der Waals surface area contributed by atoms with Crippen LogP contribution in [0.1, 0.15) is 59.8 Å². The molecule has 0 radical (unpaired) electrons. The Balaban J connectivity index is 1.88. The van der Waals surface area contributed by atoms with Crippen molar-refractivity contribution >= 4 is 42.3 Å². The summed E-state index contributed by atoms with van der Waals surface area (Å²) in [6.07, 6.45) is 6.49. The van der Waals surface area contributed by atoms with Crippen molar-refractivity contribution < 1.29 is 22.3 Å². The van der Waals surface area contributed by atoms with Crippen molar-refractivity contribution in [1.82, 2.24) is 0 Å². The highest BCUT2D eigenvalue weighted by Crippen LogP contribution is 2.65. The van der Waals surface area contributed by atoms with Gasteiger partial charge in [-0.3, -0.25) is 4.55 Å². The predicted octanol–water partition coefficient (Wildman–Crippen LogP) is 4.88. The van der Waals surface area contributed by atoms with Gasteiger partial charge in [-0.15, -0.1) is 0 Å². The van der Waals surface area contributed by atoms with Crippen molar-refractivity contribution in [3.8, 4) is 0 Å². The summed E-state index contributed by atoms with van der Waals surface area (Å²) in [7, 11) is -4.46. The van der Waals surface area contributed by atoms with E-state index in [9.17, 15) is 13.5 Å². The Morgan fingerprint density at radius 3 is 2.57 bits per heavy atom. The van der Waals surface area contributed by atoms with Crippen LogP contribution >= 0.6 is 31.9 Å². The number of aliphatic hydroxyl groups excluding tert-OH is 1. The van der Waals surface area contributed by atoms with Crippen LogP contribution in [0.15, 0.2) is 11.6 Å². The van der Waals surface area contributed by atoms with E-state index in [2.05, 4.69) is 69.8 Å². The molecule has 0 aliphatic heterocycles. The molecule has 0 aromatic carbocycles. The SMILES string of the molecule is CC1(C(Br)COS(=O)(=O)O)CC=C2C(C1)C(O)CC1C2(C)CCC(Br)C1(C)C. The number of allylic oxidation sites excluding steroid dienone is 1. The summed E-state index contributed by atoms with van der Waals surface area (Å²) in [6.45, 7) is 8.97. The van der Waals surface area contributed by atoms with Gasteiger partial charge in [0.25, 0.3) is 0 Å². The molecule has 2 fully saturated rings. The van der Waals surface area contributed by atoms with Crippen LogP contribution in [0.5, 0.6) is 0 Å². The van der Waals surface area contributed by atoms with E-state index in [-0.39, 0.29) is 33.6 Å². The number of halogens is 2. The second kappa shape index (κ2) is 7.59. The molecule has 162 valence electrons. The number of alkyl halides is 2. The Kier molecular flexibility index (Phi) is 6.29. The summed E-state index contributed by atoms with van der Waals surface area (Å²) in [5, 5.41) is 11.1. The smallest absolute Gasteiger partial charge is 0.392 e. The Morgan fingerprint density at radius 1 is 1.32 bits per heavy atom. The number of rotatable bonds is 4. The van der Waals surface area contributed by atoms with Gasteiger partial charge in [-0.25, -0.2) is 4.18 Å². The van der Waals surface area contributed by atoms with E-state index in [4.69, 9.17) is 4.55 Å². The van der Waals surface area contributed by atoms with E-state index in [0.29, 0.717) is 10.7 Å². The summed E-state index contributed by atoms with van der Waals surface area (Å²) in [5.74, 6) is 0.496. The maximum Gasteiger partial charge on any atom is 0.397 e. The molecule has 8 heteroatoms. The second-order valence-electron chi connectivity index (χ2n) is 10.1. The first-order valence-corrected chi connectivity index (χ1v) is 13.2. The van der Waals surface area contributed by atoms with Crippen LogP contribution in [0.25, 0.3) is 0 Å². The van der Waals surface area contributed by atoms with E-state index in [1.165, 1.54) is 5.57 Å². The Labute approximate surface area is 185 Å². The van der Waals surface area contributed by atoms with Crippen LogP contribution in [-0.2, 0) is 14.6 Å². The molecule has 0 heterocycles. The number of fused-ring (bicyclic) bond motifs is 3. The lowest BCUT2D eigenvalue weighted by Gasteiger charge is -2.61. The molecular formula is C20H32Br2O5S. The van der Waals surface area contributed by atoms with Crippen LogP contribution in [0.2, 0.25) is 0 Å². The first kappa shape index (κ1) is 23.2. The highest BCUT2D eigenvalue weighted by molar-refractivity contribution is 9.09. The third kappa shape index (κ3) is 4.03. The molecule has 0 aromatic heterocycles. The largest absolute Gasteiger partial charge is 0.397 e. The normalized spacial score (nSPS) is 44.2. The molecular weight excluding hydrogens is 512 g/mol. The Hall–Kier alpha value is 0.530. The van der Waals surface area contributed by atoms with E-state index < -0.39 is 16.5 Å². The van der Waals surface area contributed by atoms with Gasteiger partial charge >= 0.3 is 10.4 Å². The van der Waals surface area contributed by atoms with Crippen LogP contribution in [0.3, 0.4) is 0 Å². The van der Waals surface area contributed by atoms with Crippen LogP contribution < -0.4 is 0 Å². The minimum Gasteiger partial charge on any atom is -0.392 e. The van der Waals surface area contributed by atoms with E-state index in [0.717, 1.165) is 32.1 Å². The minimum absolute atomic E-state index is 0.0773. The molecule has 3 aliphatic carbocycles. The van der Waals surface area contributed by atoms with Gasteiger partial charge in [-0.1, -0.05) is 71.2 Å². The Morgan fingerprint density at radius 2 is 1.96 bits per heavy atom. The fourth-order valence-corrected chi connectivity index (χ4v) is 7.66. The van der Waals surface area contributed by atoms with E-state index in [1.807, 2.05) is 0 Å². The van der Waals surface area contributed by atoms with Gasteiger partial charge in [-0.2, -0.15) is 8.42 Å². The lowest BCUT2D eigenvalue weighted by atomic mass is 9.45. The molecule has 7 atom stereocenters. The van der Waals surface area contributed by atoms with Crippen LogP contribution in [0, 0.1) is 28.1 Å². The fraction of sp³-hybridized carbons (Fsp3) is 0.900. The maximum atomic E-state index is 11.1. The number of hydrogen-bond donors (Lipinski definition) is 2. The topological polar surface area (TPSA) is 83.8 Å². The first-order valence-electron chi connectivity index (χ1n) is 9.99. The molecule has 0 spiro atoms. The van der Waals surface area contributed by atoms with Crippen molar-refractivity contribution in [2.24, 2.45) is 28.1 Å². The number of hydrogen-bond acceptors (Lipinski definition) is 4. The summed E-state index contributed by atoms with van der Waals surface area (Å²) in [4.78, 5) is 0.216. The predicted molar refractivity (Wildman–Crippen MR) is 117 cm³/mol. The third-order valence-corrected chi connectivity index (χ3v) is 11.4. The number of aliphatic hydroxyl groups is 1. The zero-order valence-corrected chi connectivity index (χ0v) is 21.0. The summed E-state index contributed by atoms with van der Waals surface area (Å²) in [6, 6.07) is 0. The van der Waals surface area contributed by atoms with Gasteiger partial charge in [0.1, 0.15) is 0 Å². The van der Waals surface area contributed by atoms with E-state index >= 15 is 0 Å². The molecule has 3 aliphatic rings. The van der Waals surface area contributed by atoms with E-state index in [1.54, 1.807) is 0 Å². The summed E-state index contributed by atoms with van der Waals surface area (Å²) < 4.78 is 35.4. The lowest BCUT2D eigenvalue weighted by molar-refractivity contribution is -0.0692. The quantitative estimate of drug-likeness (QED) is 0.300. The van der Waals surface area contributed by atoms with Gasteiger partial charge in [0, 0.05) is 15.6 Å². The highest BCUT2D eigenvalue weighted by atomic mass is 79.9. The monoisotopic (exact) mass is 542 g/mol. The van der Waals surface area contributed by atoms with Gasteiger partial charge in [-0.05, 0) is 54.3 Å². The first-order chi connectivity index (χ1) is 12.7. The minimum atomic E-state index is -4.46. The van der Waals surface area contributed by atoms with Crippen LogP contribution in [0.4, 0.5) is 0 Å². The molecule has 0 aromatic rings. The van der Waals surface area contributed by atoms with Crippen molar-refractivity contribution in [3.05, 3.63) is 11.6 Å². The molecule has 3 rings (SSSR count). The zero-order valence-electron chi connectivity index (χ0n) is 17.0. The van der Waals surface area contributed by atoms with Crippen molar-refractivity contribution in [2.75, 3.05) is 6.61 Å². The molecule has 0 amide bonds. The third-order valence-electron chi connectivity index (χ3n) is 7.99. The molecule has 0 saturated heterocycles. The standard InChI is InChI=1S/C20H32Br2O5S/c1-18(2)15-9-14(23)12-10-19(3,17(22)11-27-28(24,25)26)7-5-13(12)20(15,4)8-6-16(18)21/h5,12,14-17,23H,6-11H2,1-4H3,(H,24,25,26). The fourth-order valence-electron chi connectivity index (χ4n) is 6.12. The summed E-state index contributed by atoms with van der Waals surface area (Å²) in [5.41, 5.74) is 1.33. The zero-order chi connectivity index (χ0) is 21.1. The molecule has 2 N–H and O–H groups in total. The molecule has 7 unspecified atom stereocenters. The average Bonchev–Trinajstić information content (AvgIpc) is 2.58. The molecule has 0 bridgehead atoms. The maximum absolute atomic E-state index is 11.1. The highest BCUT2D eigenvalue weighted by Gasteiger charge is 2.58. The van der Waals surface area contributed by atoms with Crippen molar-refractivity contribution in [1.29, 1.82) is 0 Å². The van der Waals surface area contributed by atoms with Gasteiger partial charge < -0.3 is 5.11 Å².